The molecule has 10 heteroatoms. The van der Waals surface area contributed by atoms with Crippen LogP contribution >= 0.6 is 7.82 Å². The Balaban J connectivity index is 4.08. The summed E-state index contributed by atoms with van der Waals surface area (Å²) in [6.07, 6.45) is 50.1. The first-order valence-corrected chi connectivity index (χ1v) is 24.7. The van der Waals surface area contributed by atoms with Crippen LogP contribution in [0.5, 0.6) is 0 Å². The van der Waals surface area contributed by atoms with Crippen molar-refractivity contribution in [2.45, 2.75) is 213 Å². The number of phosphoric acid groups is 1. The fraction of sp³-hybridized carbons (Fsp3) is 0.787. The fourth-order valence-corrected chi connectivity index (χ4v) is 7.18. The quantitative estimate of drug-likeness (QED) is 0.0267. The average molecular weight is 824 g/mol. The number of hydrogen-bond acceptors (Lipinski definition) is 8. The summed E-state index contributed by atoms with van der Waals surface area (Å²) in [5, 5.41) is 0. The smallest absolute Gasteiger partial charge is 0.462 e. The minimum Gasteiger partial charge on any atom is -0.462 e. The fourth-order valence-electron chi connectivity index (χ4n) is 6.41. The van der Waals surface area contributed by atoms with Crippen LogP contribution in [0.25, 0.3) is 0 Å². The van der Waals surface area contributed by atoms with Crippen LogP contribution in [0.4, 0.5) is 0 Å². The van der Waals surface area contributed by atoms with Crippen LogP contribution in [0.1, 0.15) is 206 Å². The number of rotatable bonds is 43. The molecule has 0 amide bonds. The number of esters is 2. The molecule has 0 saturated carbocycles. The third kappa shape index (κ3) is 43.4. The summed E-state index contributed by atoms with van der Waals surface area (Å²) in [6.45, 7) is 3.59. The van der Waals surface area contributed by atoms with Crippen LogP contribution < -0.4 is 5.73 Å². The lowest BCUT2D eigenvalue weighted by atomic mass is 10.0. The number of phosphoric ester groups is 1. The number of hydrogen-bond donors (Lipinski definition) is 2. The van der Waals surface area contributed by atoms with E-state index in [-0.39, 0.29) is 38.6 Å². The molecule has 0 aromatic heterocycles. The van der Waals surface area contributed by atoms with E-state index in [2.05, 4.69) is 32.1 Å². The van der Waals surface area contributed by atoms with Crippen molar-refractivity contribution in [3.8, 4) is 0 Å². The number of unbranched alkanes of at least 4 members (excludes halogenated alkanes) is 25. The van der Waals surface area contributed by atoms with Gasteiger partial charge in [-0.25, -0.2) is 4.57 Å². The van der Waals surface area contributed by atoms with E-state index in [0.29, 0.717) is 6.42 Å². The molecule has 2 atom stereocenters. The lowest BCUT2D eigenvalue weighted by Gasteiger charge is -2.19. The van der Waals surface area contributed by atoms with Crippen molar-refractivity contribution in [3.05, 3.63) is 48.6 Å². The van der Waals surface area contributed by atoms with Gasteiger partial charge in [0, 0.05) is 19.4 Å². The molecule has 1 unspecified atom stereocenters. The zero-order valence-corrected chi connectivity index (χ0v) is 37.5. The third-order valence-corrected chi connectivity index (χ3v) is 10.8. The molecule has 0 aliphatic rings. The SMILES string of the molecule is CC/C=C/C=C/C=C/C=C/CCCCCCCC(=O)O[C@@H](COC(=O)CCCCCCCCCCCCCCCCCCCCCCC)COP(=O)(O)OCCN. The molecular weight excluding hydrogens is 737 g/mol. The van der Waals surface area contributed by atoms with Crippen molar-refractivity contribution in [2.24, 2.45) is 5.73 Å². The second-order valence-corrected chi connectivity index (χ2v) is 16.8. The summed E-state index contributed by atoms with van der Waals surface area (Å²) in [7, 11) is -4.38. The highest BCUT2D eigenvalue weighted by molar-refractivity contribution is 7.47. The molecule has 0 fully saturated rings. The molecule has 0 heterocycles. The van der Waals surface area contributed by atoms with E-state index in [1.165, 1.54) is 116 Å². The Bertz CT molecular complexity index is 1080. The van der Waals surface area contributed by atoms with E-state index in [1.807, 2.05) is 30.4 Å². The monoisotopic (exact) mass is 824 g/mol. The van der Waals surface area contributed by atoms with Crippen molar-refractivity contribution >= 4 is 19.8 Å². The molecule has 0 spiro atoms. The van der Waals surface area contributed by atoms with Gasteiger partial charge in [0.1, 0.15) is 6.61 Å². The second kappa shape index (κ2) is 43.5. The van der Waals surface area contributed by atoms with E-state index >= 15 is 0 Å². The average Bonchev–Trinajstić information content (AvgIpc) is 3.20. The summed E-state index contributed by atoms with van der Waals surface area (Å²) in [6, 6.07) is 0. The Morgan fingerprint density at radius 2 is 0.965 bits per heavy atom. The van der Waals surface area contributed by atoms with Crippen LogP contribution in [-0.2, 0) is 32.7 Å². The summed E-state index contributed by atoms with van der Waals surface area (Å²) in [5.74, 6) is -0.850. The van der Waals surface area contributed by atoms with Crippen molar-refractivity contribution in [3.63, 3.8) is 0 Å². The first kappa shape index (κ1) is 55.0. The van der Waals surface area contributed by atoms with Crippen molar-refractivity contribution in [1.29, 1.82) is 0 Å². The van der Waals surface area contributed by atoms with Crippen molar-refractivity contribution in [1.82, 2.24) is 0 Å². The van der Waals surface area contributed by atoms with Crippen molar-refractivity contribution in [2.75, 3.05) is 26.4 Å². The number of ether oxygens (including phenoxy) is 2. The lowest BCUT2D eigenvalue weighted by molar-refractivity contribution is -0.161. The minimum atomic E-state index is -4.38. The van der Waals surface area contributed by atoms with E-state index < -0.39 is 26.5 Å². The summed E-state index contributed by atoms with van der Waals surface area (Å²) < 4.78 is 32.8. The first-order valence-electron chi connectivity index (χ1n) is 23.2. The van der Waals surface area contributed by atoms with E-state index in [1.54, 1.807) is 0 Å². The lowest BCUT2D eigenvalue weighted by Crippen LogP contribution is -2.29. The predicted molar refractivity (Wildman–Crippen MR) is 238 cm³/mol. The highest BCUT2D eigenvalue weighted by Crippen LogP contribution is 2.43. The molecule has 0 rings (SSSR count). The number of carbonyl (C=O) groups excluding carboxylic acids is 2. The summed E-state index contributed by atoms with van der Waals surface area (Å²) in [4.78, 5) is 34.9. The number of nitrogens with two attached hydrogens (primary N) is 1. The van der Waals surface area contributed by atoms with Crippen LogP contribution in [0, 0.1) is 0 Å². The van der Waals surface area contributed by atoms with Gasteiger partial charge >= 0.3 is 19.8 Å². The predicted octanol–water partition coefficient (Wildman–Crippen LogP) is 13.5. The topological polar surface area (TPSA) is 134 Å². The molecule has 9 nitrogen and oxygen atoms in total. The molecule has 0 saturated heterocycles. The standard InChI is InChI=1S/C47H86NO8P/c1-3-5-7-9-11-13-15-17-19-20-21-22-23-24-26-27-29-31-33-35-37-39-46(49)53-43-45(44-55-57(51,52)54-42-41-48)56-47(50)40-38-36-34-32-30-28-25-18-16-14-12-10-8-6-4-2/h6,8,10,12,14,16,18,25,45H,3-5,7,9,11,13,15,17,19-24,26-44,48H2,1-2H3,(H,51,52)/b8-6+,12-10+,16-14+,25-18+/t45-/m0/s1. The number of allylic oxidation sites excluding steroid dienone is 8. The van der Waals surface area contributed by atoms with Gasteiger partial charge in [0.05, 0.1) is 13.2 Å². The van der Waals surface area contributed by atoms with Crippen LogP contribution in [0.2, 0.25) is 0 Å². The number of carbonyl (C=O) groups is 2. The van der Waals surface area contributed by atoms with E-state index in [4.69, 9.17) is 24.3 Å². The van der Waals surface area contributed by atoms with Gasteiger partial charge in [-0.3, -0.25) is 18.6 Å². The molecule has 0 aliphatic carbocycles. The first-order chi connectivity index (χ1) is 27.8. The Morgan fingerprint density at radius 1 is 0.544 bits per heavy atom. The maximum absolute atomic E-state index is 12.6. The maximum atomic E-state index is 12.6. The molecule has 57 heavy (non-hydrogen) atoms. The van der Waals surface area contributed by atoms with E-state index in [0.717, 1.165) is 57.8 Å². The van der Waals surface area contributed by atoms with E-state index in [9.17, 15) is 19.0 Å². The zero-order valence-electron chi connectivity index (χ0n) is 36.6. The zero-order chi connectivity index (χ0) is 41.8. The molecular formula is C47H86NO8P. The van der Waals surface area contributed by atoms with Crippen LogP contribution in [-0.4, -0.2) is 49.3 Å². The summed E-state index contributed by atoms with van der Waals surface area (Å²) in [5.41, 5.74) is 5.35. The largest absolute Gasteiger partial charge is 0.472 e. The van der Waals surface area contributed by atoms with Crippen molar-refractivity contribution < 1.29 is 37.6 Å². The highest BCUT2D eigenvalue weighted by Gasteiger charge is 2.26. The van der Waals surface area contributed by atoms with Gasteiger partial charge in [-0.2, -0.15) is 0 Å². The van der Waals surface area contributed by atoms with Gasteiger partial charge < -0.3 is 20.1 Å². The molecule has 0 aromatic rings. The maximum Gasteiger partial charge on any atom is 0.472 e. The van der Waals surface area contributed by atoms with Gasteiger partial charge in [0.2, 0.25) is 0 Å². The third-order valence-electron chi connectivity index (χ3n) is 9.82. The van der Waals surface area contributed by atoms with Gasteiger partial charge in [0.25, 0.3) is 0 Å². The Hall–Kier alpha value is -2.03. The Morgan fingerprint density at radius 3 is 1.44 bits per heavy atom. The highest BCUT2D eigenvalue weighted by atomic mass is 31.2. The molecule has 0 aromatic carbocycles. The van der Waals surface area contributed by atoms with Crippen LogP contribution in [0.15, 0.2) is 48.6 Å². The molecule has 0 aliphatic heterocycles. The minimum absolute atomic E-state index is 0.0484. The normalized spacial score (nSPS) is 13.7. The summed E-state index contributed by atoms with van der Waals surface area (Å²) >= 11 is 0. The Labute approximate surface area is 349 Å². The van der Waals surface area contributed by atoms with Gasteiger partial charge in [-0.15, -0.1) is 0 Å². The molecule has 0 bridgehead atoms. The van der Waals surface area contributed by atoms with Gasteiger partial charge in [-0.05, 0) is 32.1 Å². The molecule has 332 valence electrons. The Kier molecular flexibility index (Phi) is 42.0. The molecule has 0 radical (unpaired) electrons. The second-order valence-electron chi connectivity index (χ2n) is 15.3. The van der Waals surface area contributed by atoms with Crippen LogP contribution in [0.3, 0.4) is 0 Å². The van der Waals surface area contributed by atoms with Gasteiger partial charge in [-0.1, -0.05) is 210 Å². The molecule has 3 N–H and O–H groups in total. The van der Waals surface area contributed by atoms with Gasteiger partial charge in [0.15, 0.2) is 6.10 Å².